The van der Waals surface area contributed by atoms with E-state index in [0.29, 0.717) is 0 Å². The van der Waals surface area contributed by atoms with Crippen molar-refractivity contribution in [2.75, 3.05) is 5.32 Å². The van der Waals surface area contributed by atoms with Crippen LogP contribution >= 0.6 is 22.7 Å². The molecule has 0 aliphatic heterocycles. The fourth-order valence-electron chi connectivity index (χ4n) is 2.24. The molecule has 0 unspecified atom stereocenters. The zero-order valence-electron chi connectivity index (χ0n) is 11.1. The van der Waals surface area contributed by atoms with E-state index in [1.54, 1.807) is 22.7 Å². The molecule has 0 amide bonds. The minimum absolute atomic E-state index is 0.796. The zero-order chi connectivity index (χ0) is 14.1. The van der Waals surface area contributed by atoms with Crippen molar-refractivity contribution in [2.45, 2.75) is 6.54 Å². The number of aromatic nitrogens is 3. The summed E-state index contributed by atoms with van der Waals surface area (Å²) in [5.74, 6) is 0.954. The van der Waals surface area contributed by atoms with Gasteiger partial charge in [-0.05, 0) is 39.9 Å². The molecule has 4 rings (SSSR count). The minimum atomic E-state index is 0.796. The molecule has 6 heteroatoms. The van der Waals surface area contributed by atoms with Gasteiger partial charge in [-0.1, -0.05) is 6.07 Å². The molecule has 0 aliphatic rings. The Morgan fingerprint density at radius 1 is 1.19 bits per heavy atom. The van der Waals surface area contributed by atoms with Gasteiger partial charge in [-0.25, -0.2) is 4.98 Å². The predicted octanol–water partition coefficient (Wildman–Crippen LogP) is 4.13. The predicted molar refractivity (Wildman–Crippen MR) is 87.9 cm³/mol. The maximum Gasteiger partial charge on any atom is 0.165 e. The van der Waals surface area contributed by atoms with Crippen LogP contribution in [-0.2, 0) is 6.54 Å². The average molecular weight is 312 g/mol. The van der Waals surface area contributed by atoms with Crippen LogP contribution in [0.2, 0.25) is 0 Å². The van der Waals surface area contributed by atoms with E-state index in [9.17, 15) is 0 Å². The van der Waals surface area contributed by atoms with Crippen LogP contribution in [0.1, 0.15) is 4.88 Å². The second-order valence-electron chi connectivity index (χ2n) is 4.57. The molecule has 21 heavy (non-hydrogen) atoms. The van der Waals surface area contributed by atoms with Crippen molar-refractivity contribution in [3.63, 3.8) is 0 Å². The van der Waals surface area contributed by atoms with Crippen LogP contribution in [0.3, 0.4) is 0 Å². The summed E-state index contributed by atoms with van der Waals surface area (Å²) in [4.78, 5) is 5.77. The van der Waals surface area contributed by atoms with E-state index in [1.165, 1.54) is 4.88 Å². The fraction of sp³-hybridized carbons (Fsp3) is 0.0667. The molecule has 4 heterocycles. The Labute approximate surface area is 129 Å². The monoisotopic (exact) mass is 312 g/mol. The van der Waals surface area contributed by atoms with E-state index in [1.807, 2.05) is 23.0 Å². The number of thiophene rings is 2. The summed E-state index contributed by atoms with van der Waals surface area (Å²) in [6, 6.07) is 8.22. The van der Waals surface area contributed by atoms with Gasteiger partial charge in [0.15, 0.2) is 5.65 Å². The average Bonchev–Trinajstić information content (AvgIpc) is 3.24. The molecule has 0 saturated carbocycles. The van der Waals surface area contributed by atoms with Crippen LogP contribution in [0.15, 0.2) is 52.8 Å². The van der Waals surface area contributed by atoms with Crippen LogP contribution in [0, 0.1) is 0 Å². The summed E-state index contributed by atoms with van der Waals surface area (Å²) >= 11 is 3.42. The number of anilines is 1. The summed E-state index contributed by atoms with van der Waals surface area (Å²) in [5, 5.41) is 14.2. The Hall–Kier alpha value is -2.18. The standard InChI is InChI=1S/C15H12N4S2/c1-2-12(21-6-1)8-17-14-3-5-16-15-13(9-18-19(14)15)11-4-7-20-10-11/h1-7,9-10,17H,8H2. The topological polar surface area (TPSA) is 42.2 Å². The van der Waals surface area contributed by atoms with Crippen LogP contribution in [0.5, 0.6) is 0 Å². The van der Waals surface area contributed by atoms with E-state index in [-0.39, 0.29) is 0 Å². The maximum absolute atomic E-state index is 4.47. The maximum atomic E-state index is 4.47. The summed E-state index contributed by atoms with van der Waals surface area (Å²) in [6.07, 6.45) is 3.70. The smallest absolute Gasteiger partial charge is 0.165 e. The van der Waals surface area contributed by atoms with E-state index in [4.69, 9.17) is 0 Å². The van der Waals surface area contributed by atoms with E-state index in [2.05, 4.69) is 49.7 Å². The third-order valence-corrected chi connectivity index (χ3v) is 4.82. The molecule has 0 spiro atoms. The molecule has 4 aromatic heterocycles. The van der Waals surface area contributed by atoms with Crippen molar-refractivity contribution in [1.29, 1.82) is 0 Å². The first-order valence-electron chi connectivity index (χ1n) is 6.53. The lowest BCUT2D eigenvalue weighted by molar-refractivity contribution is 0.928. The van der Waals surface area contributed by atoms with Crippen LogP contribution < -0.4 is 5.32 Å². The van der Waals surface area contributed by atoms with E-state index >= 15 is 0 Å². The van der Waals surface area contributed by atoms with E-state index < -0.39 is 0 Å². The van der Waals surface area contributed by atoms with Gasteiger partial charge in [-0.2, -0.15) is 21.0 Å². The quantitative estimate of drug-likeness (QED) is 0.616. The van der Waals surface area contributed by atoms with Crippen LogP contribution in [0.4, 0.5) is 5.82 Å². The number of rotatable bonds is 4. The first-order valence-corrected chi connectivity index (χ1v) is 8.35. The number of fused-ring (bicyclic) bond motifs is 1. The number of nitrogens with one attached hydrogen (secondary N) is 1. The Balaban J connectivity index is 1.70. The minimum Gasteiger partial charge on any atom is -0.365 e. The SMILES string of the molecule is c1csc(CNc2ccnc3c(-c4ccsc4)cnn23)c1. The zero-order valence-corrected chi connectivity index (χ0v) is 12.7. The lowest BCUT2D eigenvalue weighted by Crippen LogP contribution is -2.04. The van der Waals surface area contributed by atoms with Gasteiger partial charge in [0.2, 0.25) is 0 Å². The molecule has 4 nitrogen and oxygen atoms in total. The fourth-order valence-corrected chi connectivity index (χ4v) is 3.54. The van der Waals surface area contributed by atoms with Gasteiger partial charge in [0.05, 0.1) is 12.7 Å². The van der Waals surface area contributed by atoms with Crippen molar-refractivity contribution in [2.24, 2.45) is 0 Å². The van der Waals surface area contributed by atoms with Crippen LogP contribution in [-0.4, -0.2) is 14.6 Å². The van der Waals surface area contributed by atoms with Crippen molar-refractivity contribution < 1.29 is 0 Å². The first kappa shape index (κ1) is 12.6. The molecule has 4 aromatic rings. The highest BCUT2D eigenvalue weighted by Crippen LogP contribution is 2.26. The second-order valence-corrected chi connectivity index (χ2v) is 6.38. The van der Waals surface area contributed by atoms with Gasteiger partial charge in [-0.3, -0.25) is 0 Å². The lowest BCUT2D eigenvalue weighted by atomic mass is 10.2. The number of nitrogens with zero attached hydrogens (tertiary/aromatic N) is 3. The molecule has 104 valence electrons. The number of hydrogen-bond donors (Lipinski definition) is 1. The Morgan fingerprint density at radius 2 is 2.19 bits per heavy atom. The van der Waals surface area contributed by atoms with Gasteiger partial charge in [0, 0.05) is 16.6 Å². The molecular formula is C15H12N4S2. The second kappa shape index (κ2) is 5.31. The van der Waals surface area contributed by atoms with Crippen LogP contribution in [0.25, 0.3) is 16.8 Å². The third kappa shape index (κ3) is 2.32. The molecular weight excluding hydrogens is 300 g/mol. The van der Waals surface area contributed by atoms with Gasteiger partial charge < -0.3 is 5.32 Å². The molecule has 0 fully saturated rings. The molecule has 0 radical (unpaired) electrons. The molecule has 1 N–H and O–H groups in total. The molecule has 0 aromatic carbocycles. The van der Waals surface area contributed by atoms with Gasteiger partial charge in [-0.15, -0.1) is 11.3 Å². The van der Waals surface area contributed by atoms with Gasteiger partial charge in [0.1, 0.15) is 5.82 Å². The van der Waals surface area contributed by atoms with Crippen molar-refractivity contribution in [1.82, 2.24) is 14.6 Å². The Kier molecular flexibility index (Phi) is 3.17. The Morgan fingerprint density at radius 3 is 3.00 bits per heavy atom. The van der Waals surface area contributed by atoms with E-state index in [0.717, 1.165) is 29.1 Å². The van der Waals surface area contributed by atoms with Crippen molar-refractivity contribution in [3.8, 4) is 11.1 Å². The summed E-state index contributed by atoms with van der Waals surface area (Å²) in [7, 11) is 0. The third-order valence-electron chi connectivity index (χ3n) is 3.26. The largest absolute Gasteiger partial charge is 0.365 e. The lowest BCUT2D eigenvalue weighted by Gasteiger charge is -2.06. The molecule has 0 atom stereocenters. The first-order chi connectivity index (χ1) is 10.4. The molecule has 0 bridgehead atoms. The molecule has 0 saturated heterocycles. The summed E-state index contributed by atoms with van der Waals surface area (Å²) in [5.41, 5.74) is 3.11. The summed E-state index contributed by atoms with van der Waals surface area (Å²) in [6.45, 7) is 0.796. The molecule has 0 aliphatic carbocycles. The Bertz CT molecular complexity index is 847. The number of hydrogen-bond acceptors (Lipinski definition) is 5. The summed E-state index contributed by atoms with van der Waals surface area (Å²) < 4.78 is 1.86. The highest BCUT2D eigenvalue weighted by atomic mass is 32.1. The normalized spacial score (nSPS) is 11.0. The van der Waals surface area contributed by atoms with Crippen molar-refractivity contribution >= 4 is 34.1 Å². The van der Waals surface area contributed by atoms with Gasteiger partial charge >= 0.3 is 0 Å². The highest BCUT2D eigenvalue weighted by Gasteiger charge is 2.10. The highest BCUT2D eigenvalue weighted by molar-refractivity contribution is 7.09. The van der Waals surface area contributed by atoms with Gasteiger partial charge in [0.25, 0.3) is 0 Å². The van der Waals surface area contributed by atoms with Crippen molar-refractivity contribution in [3.05, 3.63) is 57.7 Å².